The van der Waals surface area contributed by atoms with E-state index >= 15 is 0 Å². The van der Waals surface area contributed by atoms with Crippen molar-refractivity contribution in [1.82, 2.24) is 5.32 Å². The number of barbiturate groups is 1. The molecule has 1 aliphatic rings. The molecule has 35 heavy (non-hydrogen) atoms. The first-order valence-electron chi connectivity index (χ1n) is 10.6. The Hall–Kier alpha value is -3.97. The van der Waals surface area contributed by atoms with Gasteiger partial charge in [-0.15, -0.1) is 6.42 Å². The van der Waals surface area contributed by atoms with E-state index in [1.807, 2.05) is 6.92 Å². The number of nitrogens with zero attached hydrogens (tertiary/aromatic N) is 1. The Labute approximate surface area is 211 Å². The maximum Gasteiger partial charge on any atom is 0.336 e. The van der Waals surface area contributed by atoms with Crippen molar-refractivity contribution in [3.05, 3.63) is 45.9 Å². The molecule has 1 N–H and O–H groups in total. The molecule has 0 saturated carbocycles. The zero-order valence-corrected chi connectivity index (χ0v) is 20.9. The third kappa shape index (κ3) is 5.58. The SMILES string of the molecule is C#CCOc1c(Br)cc(/C=C2\C(=O)NC(=O)N(c3cc(OCC)ccc3OCC)C2=O)cc1OC. The number of amides is 4. The topological polar surface area (TPSA) is 103 Å². The summed E-state index contributed by atoms with van der Waals surface area (Å²) in [4.78, 5) is 39.6. The molecule has 2 aromatic rings. The van der Waals surface area contributed by atoms with Gasteiger partial charge < -0.3 is 18.9 Å². The number of hydrogen-bond acceptors (Lipinski definition) is 7. The molecule has 9 nitrogen and oxygen atoms in total. The molecule has 1 heterocycles. The van der Waals surface area contributed by atoms with Gasteiger partial charge in [0.05, 0.1) is 30.5 Å². The molecule has 0 unspecified atom stereocenters. The van der Waals surface area contributed by atoms with Crippen molar-refractivity contribution in [3.63, 3.8) is 0 Å². The summed E-state index contributed by atoms with van der Waals surface area (Å²) in [5.74, 6) is 2.14. The van der Waals surface area contributed by atoms with Crippen molar-refractivity contribution >= 4 is 45.5 Å². The number of benzene rings is 2. The number of hydrogen-bond donors (Lipinski definition) is 1. The number of halogens is 1. The van der Waals surface area contributed by atoms with Gasteiger partial charge in [0.1, 0.15) is 23.7 Å². The predicted octanol–water partition coefficient (Wildman–Crippen LogP) is 3.93. The minimum Gasteiger partial charge on any atom is -0.494 e. The standard InChI is InChI=1S/C25H23BrN2O7/c1-5-10-35-22-18(26)12-15(13-21(22)32-4)11-17-23(29)27-25(31)28(24(17)30)19-14-16(33-6-2)8-9-20(19)34-7-3/h1,8-9,11-14H,6-7,10H2,2-4H3,(H,27,29,31)/b17-11+. The Morgan fingerprint density at radius 3 is 2.46 bits per heavy atom. The van der Waals surface area contributed by atoms with Crippen LogP contribution in [0.4, 0.5) is 10.5 Å². The van der Waals surface area contributed by atoms with Crippen molar-refractivity contribution in [2.75, 3.05) is 31.8 Å². The lowest BCUT2D eigenvalue weighted by molar-refractivity contribution is -0.122. The highest BCUT2D eigenvalue weighted by molar-refractivity contribution is 9.10. The summed E-state index contributed by atoms with van der Waals surface area (Å²) in [6.07, 6.45) is 6.61. The first-order valence-corrected chi connectivity index (χ1v) is 11.4. The highest BCUT2D eigenvalue weighted by Crippen LogP contribution is 2.38. The summed E-state index contributed by atoms with van der Waals surface area (Å²) < 4.78 is 22.5. The molecule has 0 atom stereocenters. The summed E-state index contributed by atoms with van der Waals surface area (Å²) in [5.41, 5.74) is 0.332. The van der Waals surface area contributed by atoms with E-state index in [9.17, 15) is 14.4 Å². The quantitative estimate of drug-likeness (QED) is 0.291. The molecular weight excluding hydrogens is 520 g/mol. The average molecular weight is 543 g/mol. The second kappa shape index (κ2) is 11.4. The smallest absolute Gasteiger partial charge is 0.336 e. The number of methoxy groups -OCH3 is 1. The van der Waals surface area contributed by atoms with Gasteiger partial charge in [-0.2, -0.15) is 0 Å². The first-order chi connectivity index (χ1) is 16.8. The first kappa shape index (κ1) is 25.6. The molecular formula is C25H23BrN2O7. The van der Waals surface area contributed by atoms with Crippen LogP contribution in [-0.4, -0.2) is 44.8 Å². The summed E-state index contributed by atoms with van der Waals surface area (Å²) in [5, 5.41) is 2.20. The highest BCUT2D eigenvalue weighted by Gasteiger charge is 2.38. The van der Waals surface area contributed by atoms with Crippen LogP contribution in [0.25, 0.3) is 6.08 Å². The fourth-order valence-corrected chi connectivity index (χ4v) is 3.90. The van der Waals surface area contributed by atoms with E-state index in [0.717, 1.165) is 4.90 Å². The minimum atomic E-state index is -0.899. The Kier molecular flexibility index (Phi) is 8.39. The van der Waals surface area contributed by atoms with Crippen LogP contribution in [0.5, 0.6) is 23.0 Å². The Morgan fingerprint density at radius 2 is 1.80 bits per heavy atom. The molecule has 0 radical (unpaired) electrons. The monoisotopic (exact) mass is 542 g/mol. The number of carbonyl (C=O) groups excluding carboxylic acids is 3. The number of carbonyl (C=O) groups is 3. The number of ether oxygens (including phenoxy) is 4. The van der Waals surface area contributed by atoms with Crippen LogP contribution in [0, 0.1) is 12.3 Å². The van der Waals surface area contributed by atoms with Crippen LogP contribution < -0.4 is 29.2 Å². The summed E-state index contributed by atoms with van der Waals surface area (Å²) in [7, 11) is 1.45. The number of urea groups is 1. The van der Waals surface area contributed by atoms with Crippen LogP contribution in [0.2, 0.25) is 0 Å². The van der Waals surface area contributed by atoms with Crippen molar-refractivity contribution in [1.29, 1.82) is 0 Å². The average Bonchev–Trinajstić information content (AvgIpc) is 2.82. The Balaban J connectivity index is 2.07. The number of anilines is 1. The molecule has 0 spiro atoms. The van der Waals surface area contributed by atoms with E-state index in [4.69, 9.17) is 25.4 Å². The Morgan fingerprint density at radius 1 is 1.06 bits per heavy atom. The van der Waals surface area contributed by atoms with E-state index in [1.54, 1.807) is 31.2 Å². The fraction of sp³-hybridized carbons (Fsp3) is 0.240. The molecule has 0 aromatic heterocycles. The maximum absolute atomic E-state index is 13.4. The third-order valence-electron chi connectivity index (χ3n) is 4.75. The lowest BCUT2D eigenvalue weighted by Crippen LogP contribution is -2.54. The second-order valence-electron chi connectivity index (χ2n) is 6.98. The highest BCUT2D eigenvalue weighted by atomic mass is 79.9. The molecule has 2 aromatic carbocycles. The van der Waals surface area contributed by atoms with Crippen LogP contribution >= 0.6 is 15.9 Å². The van der Waals surface area contributed by atoms with Crippen molar-refractivity contribution in [3.8, 4) is 35.3 Å². The van der Waals surface area contributed by atoms with Gasteiger partial charge >= 0.3 is 6.03 Å². The molecule has 4 amide bonds. The van der Waals surface area contributed by atoms with Crippen LogP contribution in [0.1, 0.15) is 19.4 Å². The molecule has 1 aliphatic heterocycles. The van der Waals surface area contributed by atoms with E-state index in [1.165, 1.54) is 19.3 Å². The normalized spacial score (nSPS) is 14.4. The van der Waals surface area contributed by atoms with Gasteiger partial charge in [0.25, 0.3) is 11.8 Å². The Bertz CT molecular complexity index is 1230. The number of nitrogens with one attached hydrogen (secondary N) is 1. The van der Waals surface area contributed by atoms with Crippen molar-refractivity contribution in [2.24, 2.45) is 0 Å². The van der Waals surface area contributed by atoms with Gasteiger partial charge in [0.15, 0.2) is 11.5 Å². The van der Waals surface area contributed by atoms with Gasteiger partial charge in [0.2, 0.25) is 0 Å². The number of terminal acetylenes is 1. The molecule has 0 bridgehead atoms. The van der Waals surface area contributed by atoms with Gasteiger partial charge in [-0.25, -0.2) is 9.69 Å². The largest absolute Gasteiger partial charge is 0.494 e. The molecule has 0 aliphatic carbocycles. The molecule has 1 saturated heterocycles. The predicted molar refractivity (Wildman–Crippen MR) is 133 cm³/mol. The van der Waals surface area contributed by atoms with Crippen LogP contribution in [-0.2, 0) is 9.59 Å². The zero-order valence-electron chi connectivity index (χ0n) is 19.3. The minimum absolute atomic E-state index is 0.0241. The van der Waals surface area contributed by atoms with Crippen molar-refractivity contribution < 1.29 is 33.3 Å². The van der Waals surface area contributed by atoms with E-state index in [-0.39, 0.29) is 23.6 Å². The van der Waals surface area contributed by atoms with E-state index < -0.39 is 17.8 Å². The molecule has 3 rings (SSSR count). The lowest BCUT2D eigenvalue weighted by Gasteiger charge is -2.28. The summed E-state index contributed by atoms with van der Waals surface area (Å²) in [6.45, 7) is 4.29. The van der Waals surface area contributed by atoms with Gasteiger partial charge in [-0.1, -0.05) is 5.92 Å². The van der Waals surface area contributed by atoms with Crippen LogP contribution in [0.15, 0.2) is 40.4 Å². The van der Waals surface area contributed by atoms with Crippen molar-refractivity contribution in [2.45, 2.75) is 13.8 Å². The van der Waals surface area contributed by atoms with Gasteiger partial charge in [0, 0.05) is 6.07 Å². The summed E-state index contributed by atoms with van der Waals surface area (Å²) in [6, 6.07) is 7.08. The molecule has 182 valence electrons. The lowest BCUT2D eigenvalue weighted by atomic mass is 10.1. The number of rotatable bonds is 9. The fourth-order valence-electron chi connectivity index (χ4n) is 3.33. The van der Waals surface area contributed by atoms with Gasteiger partial charge in [-0.05, 0) is 65.7 Å². The zero-order chi connectivity index (χ0) is 25.5. The molecule has 10 heteroatoms. The van der Waals surface area contributed by atoms with Crippen LogP contribution in [0.3, 0.4) is 0 Å². The summed E-state index contributed by atoms with van der Waals surface area (Å²) >= 11 is 3.39. The molecule has 1 fully saturated rings. The maximum atomic E-state index is 13.4. The second-order valence-corrected chi connectivity index (χ2v) is 7.83. The number of imide groups is 2. The van der Waals surface area contributed by atoms with E-state index in [0.29, 0.717) is 40.5 Å². The van der Waals surface area contributed by atoms with Gasteiger partial charge in [-0.3, -0.25) is 14.9 Å². The third-order valence-corrected chi connectivity index (χ3v) is 5.34. The van der Waals surface area contributed by atoms with E-state index in [2.05, 4.69) is 27.2 Å².